The molecule has 3 nitrogen and oxygen atoms in total. The molecule has 0 spiro atoms. The molecule has 2 fully saturated rings. The Labute approximate surface area is 113 Å². The quantitative estimate of drug-likeness (QED) is 0.824. The van der Waals surface area contributed by atoms with Crippen LogP contribution in [0.5, 0.6) is 0 Å². The summed E-state index contributed by atoms with van der Waals surface area (Å²) in [6.07, 6.45) is 5.36. The Kier molecular flexibility index (Phi) is 5.46. The van der Waals surface area contributed by atoms with E-state index in [1.807, 2.05) is 0 Å². The van der Waals surface area contributed by atoms with Crippen LogP contribution in [0.4, 0.5) is 0 Å². The third kappa shape index (κ3) is 4.52. The summed E-state index contributed by atoms with van der Waals surface area (Å²) in [5.74, 6) is 0.809. The van der Waals surface area contributed by atoms with Crippen molar-refractivity contribution >= 4 is 0 Å². The van der Waals surface area contributed by atoms with Crippen LogP contribution in [0.1, 0.15) is 39.5 Å². The van der Waals surface area contributed by atoms with Crippen LogP contribution in [0.3, 0.4) is 0 Å². The highest BCUT2D eigenvalue weighted by Crippen LogP contribution is 2.15. The van der Waals surface area contributed by atoms with E-state index in [-0.39, 0.29) is 0 Å². The van der Waals surface area contributed by atoms with E-state index in [1.54, 1.807) is 0 Å². The van der Waals surface area contributed by atoms with Gasteiger partial charge in [0.1, 0.15) is 0 Å². The molecule has 2 aliphatic rings. The van der Waals surface area contributed by atoms with Gasteiger partial charge in [-0.05, 0) is 64.8 Å². The first-order valence-electron chi connectivity index (χ1n) is 7.80. The molecule has 0 bridgehead atoms. The molecule has 0 atom stereocenters. The summed E-state index contributed by atoms with van der Waals surface area (Å²) in [5.41, 5.74) is 0. The van der Waals surface area contributed by atoms with Gasteiger partial charge < -0.3 is 15.1 Å². The number of piperidine rings is 2. The summed E-state index contributed by atoms with van der Waals surface area (Å²) in [6, 6.07) is 1.56. The van der Waals surface area contributed by atoms with Crippen molar-refractivity contribution in [3.63, 3.8) is 0 Å². The van der Waals surface area contributed by atoms with Gasteiger partial charge in [0.25, 0.3) is 0 Å². The van der Waals surface area contributed by atoms with Crippen LogP contribution in [-0.4, -0.2) is 61.7 Å². The van der Waals surface area contributed by atoms with Crippen molar-refractivity contribution in [2.45, 2.75) is 51.6 Å². The van der Waals surface area contributed by atoms with Gasteiger partial charge in [0.2, 0.25) is 0 Å². The predicted octanol–water partition coefficient (Wildman–Crippen LogP) is 1.79. The summed E-state index contributed by atoms with van der Waals surface area (Å²) in [6.45, 7) is 11.0. The second kappa shape index (κ2) is 6.88. The number of hydrogen-bond acceptors (Lipinski definition) is 3. The summed E-state index contributed by atoms with van der Waals surface area (Å²) in [5, 5.41) is 3.90. The summed E-state index contributed by atoms with van der Waals surface area (Å²) < 4.78 is 0. The van der Waals surface area contributed by atoms with Crippen molar-refractivity contribution < 1.29 is 0 Å². The number of nitrogens with one attached hydrogen (secondary N) is 1. The first-order chi connectivity index (χ1) is 8.63. The average Bonchev–Trinajstić information content (AvgIpc) is 2.34. The maximum Gasteiger partial charge on any atom is 0.00940 e. The Morgan fingerprint density at radius 1 is 0.944 bits per heavy atom. The Morgan fingerprint density at radius 3 is 1.94 bits per heavy atom. The zero-order valence-electron chi connectivity index (χ0n) is 12.5. The Balaban J connectivity index is 1.64. The molecule has 2 heterocycles. The molecular formula is C15H31N3. The van der Waals surface area contributed by atoms with Crippen molar-refractivity contribution in [3.05, 3.63) is 0 Å². The molecule has 0 radical (unpaired) electrons. The molecule has 0 unspecified atom stereocenters. The fourth-order valence-corrected chi connectivity index (χ4v) is 3.31. The Morgan fingerprint density at radius 2 is 1.44 bits per heavy atom. The molecule has 2 aliphatic heterocycles. The van der Waals surface area contributed by atoms with Gasteiger partial charge in [-0.1, -0.05) is 13.8 Å². The van der Waals surface area contributed by atoms with Gasteiger partial charge in [-0.2, -0.15) is 0 Å². The molecular weight excluding hydrogens is 222 g/mol. The zero-order chi connectivity index (χ0) is 13.0. The summed E-state index contributed by atoms with van der Waals surface area (Å²) in [4.78, 5) is 5.08. The maximum atomic E-state index is 3.90. The van der Waals surface area contributed by atoms with Crippen LogP contribution < -0.4 is 5.32 Å². The minimum Gasteiger partial charge on any atom is -0.311 e. The molecule has 2 saturated heterocycles. The van der Waals surface area contributed by atoms with Gasteiger partial charge in [0.15, 0.2) is 0 Å². The molecule has 1 N–H and O–H groups in total. The first kappa shape index (κ1) is 14.3. The lowest BCUT2D eigenvalue weighted by atomic mass is 9.99. The number of nitrogens with zero attached hydrogens (tertiary/aromatic N) is 2. The van der Waals surface area contributed by atoms with E-state index in [1.165, 1.54) is 58.4 Å². The fraction of sp³-hybridized carbons (Fsp3) is 1.00. The Hall–Kier alpha value is -0.120. The second-order valence-electron chi connectivity index (χ2n) is 6.71. The fourth-order valence-electron chi connectivity index (χ4n) is 3.31. The van der Waals surface area contributed by atoms with E-state index in [0.29, 0.717) is 0 Å². The molecule has 0 aromatic carbocycles. The SMILES string of the molecule is CC(C)CN1CCC(NC2CCN(C)CC2)CC1. The van der Waals surface area contributed by atoms with Crippen LogP contribution in [0, 0.1) is 5.92 Å². The minimum atomic E-state index is 0.779. The lowest BCUT2D eigenvalue weighted by molar-refractivity contribution is 0.159. The van der Waals surface area contributed by atoms with Crippen molar-refractivity contribution in [2.24, 2.45) is 5.92 Å². The standard InChI is InChI=1S/C15H31N3/c1-13(2)12-18-10-6-15(7-11-18)16-14-4-8-17(3)9-5-14/h13-16H,4-12H2,1-3H3. The van der Waals surface area contributed by atoms with E-state index in [4.69, 9.17) is 0 Å². The van der Waals surface area contributed by atoms with Crippen LogP contribution in [0.2, 0.25) is 0 Å². The highest BCUT2D eigenvalue weighted by Gasteiger charge is 2.23. The predicted molar refractivity (Wildman–Crippen MR) is 78.0 cm³/mol. The maximum absolute atomic E-state index is 3.90. The smallest absolute Gasteiger partial charge is 0.00940 e. The van der Waals surface area contributed by atoms with E-state index in [0.717, 1.165) is 18.0 Å². The average molecular weight is 253 g/mol. The lowest BCUT2D eigenvalue weighted by Gasteiger charge is -2.37. The third-order valence-electron chi connectivity index (χ3n) is 4.40. The highest BCUT2D eigenvalue weighted by molar-refractivity contribution is 4.83. The molecule has 0 amide bonds. The van der Waals surface area contributed by atoms with Crippen LogP contribution in [0.25, 0.3) is 0 Å². The van der Waals surface area contributed by atoms with Crippen LogP contribution in [0.15, 0.2) is 0 Å². The van der Waals surface area contributed by atoms with Crippen molar-refractivity contribution in [2.75, 3.05) is 39.8 Å². The van der Waals surface area contributed by atoms with E-state index in [9.17, 15) is 0 Å². The highest BCUT2D eigenvalue weighted by atomic mass is 15.2. The van der Waals surface area contributed by atoms with E-state index in [2.05, 4.69) is 36.0 Å². The van der Waals surface area contributed by atoms with Crippen LogP contribution >= 0.6 is 0 Å². The molecule has 0 aliphatic carbocycles. The van der Waals surface area contributed by atoms with Gasteiger partial charge in [-0.3, -0.25) is 0 Å². The summed E-state index contributed by atoms with van der Waals surface area (Å²) in [7, 11) is 2.24. The van der Waals surface area contributed by atoms with E-state index >= 15 is 0 Å². The molecule has 0 saturated carbocycles. The lowest BCUT2D eigenvalue weighted by Crippen LogP contribution is -2.49. The third-order valence-corrected chi connectivity index (χ3v) is 4.40. The minimum absolute atomic E-state index is 0.779. The van der Waals surface area contributed by atoms with Crippen LogP contribution in [-0.2, 0) is 0 Å². The van der Waals surface area contributed by atoms with Gasteiger partial charge in [0.05, 0.1) is 0 Å². The topological polar surface area (TPSA) is 18.5 Å². The molecule has 0 aromatic heterocycles. The molecule has 0 aromatic rings. The monoisotopic (exact) mass is 253 g/mol. The molecule has 3 heteroatoms. The first-order valence-corrected chi connectivity index (χ1v) is 7.80. The normalized spacial score (nSPS) is 26.0. The van der Waals surface area contributed by atoms with Crippen molar-refractivity contribution in [1.29, 1.82) is 0 Å². The zero-order valence-corrected chi connectivity index (χ0v) is 12.5. The van der Waals surface area contributed by atoms with Gasteiger partial charge in [-0.15, -0.1) is 0 Å². The Bertz CT molecular complexity index is 226. The van der Waals surface area contributed by atoms with Gasteiger partial charge >= 0.3 is 0 Å². The number of hydrogen-bond donors (Lipinski definition) is 1. The van der Waals surface area contributed by atoms with E-state index < -0.39 is 0 Å². The van der Waals surface area contributed by atoms with Crippen molar-refractivity contribution in [3.8, 4) is 0 Å². The number of rotatable bonds is 4. The largest absolute Gasteiger partial charge is 0.311 e. The van der Waals surface area contributed by atoms with Gasteiger partial charge in [0, 0.05) is 18.6 Å². The van der Waals surface area contributed by atoms with Gasteiger partial charge in [-0.25, -0.2) is 0 Å². The molecule has 18 heavy (non-hydrogen) atoms. The molecule has 106 valence electrons. The summed E-state index contributed by atoms with van der Waals surface area (Å²) >= 11 is 0. The molecule has 2 rings (SSSR count). The second-order valence-corrected chi connectivity index (χ2v) is 6.71. The van der Waals surface area contributed by atoms with Crippen molar-refractivity contribution in [1.82, 2.24) is 15.1 Å². The number of likely N-dealkylation sites (tertiary alicyclic amines) is 2.